The van der Waals surface area contributed by atoms with Gasteiger partial charge in [0.15, 0.2) is 11.6 Å². The average Bonchev–Trinajstić information content (AvgIpc) is 3.52. The summed E-state index contributed by atoms with van der Waals surface area (Å²) in [7, 11) is 1.64. The maximum absolute atomic E-state index is 13.3. The second-order valence-electron chi connectivity index (χ2n) is 8.07. The number of rotatable bonds is 9. The monoisotopic (exact) mass is 460 g/mol. The van der Waals surface area contributed by atoms with Crippen molar-refractivity contribution in [2.24, 2.45) is 0 Å². The van der Waals surface area contributed by atoms with Crippen molar-refractivity contribution in [1.29, 1.82) is 0 Å². The fourth-order valence-corrected chi connectivity index (χ4v) is 3.71. The predicted octanol–water partition coefficient (Wildman–Crippen LogP) is 2.93. The van der Waals surface area contributed by atoms with Crippen LogP contribution in [0.1, 0.15) is 47.5 Å². The summed E-state index contributed by atoms with van der Waals surface area (Å²) in [5.41, 5.74) is 4.29. The molecule has 1 unspecified atom stereocenters. The van der Waals surface area contributed by atoms with Crippen LogP contribution >= 0.6 is 0 Å². The van der Waals surface area contributed by atoms with E-state index in [0.29, 0.717) is 36.8 Å². The average molecular weight is 461 g/mol. The normalized spacial score (nSPS) is 12.0. The van der Waals surface area contributed by atoms with Gasteiger partial charge in [-0.25, -0.2) is 0 Å². The number of carbonyl (C=O) groups is 1. The molecule has 4 aromatic rings. The van der Waals surface area contributed by atoms with Crippen LogP contribution < -0.4 is 5.32 Å². The van der Waals surface area contributed by atoms with Crippen LogP contribution in [0.5, 0.6) is 0 Å². The molecule has 0 aliphatic rings. The number of tetrazole rings is 1. The molecule has 0 saturated heterocycles. The summed E-state index contributed by atoms with van der Waals surface area (Å²) in [5.74, 6) is 1.15. The molecule has 2 aromatic heterocycles. The molecule has 0 aliphatic heterocycles. The molecule has 0 spiro atoms. The Hall–Kier alpha value is -3.92. The Morgan fingerprint density at radius 3 is 2.65 bits per heavy atom. The molecule has 0 radical (unpaired) electrons. The lowest BCUT2D eigenvalue weighted by molar-refractivity contribution is 0.0937. The minimum Gasteiger partial charge on any atom is -0.383 e. The second kappa shape index (κ2) is 10.3. The van der Waals surface area contributed by atoms with Gasteiger partial charge in [0.05, 0.1) is 18.3 Å². The highest BCUT2D eigenvalue weighted by atomic mass is 16.5. The largest absolute Gasteiger partial charge is 0.383 e. The van der Waals surface area contributed by atoms with Crippen LogP contribution in [0.25, 0.3) is 16.8 Å². The summed E-state index contributed by atoms with van der Waals surface area (Å²) in [6.45, 7) is 7.04. The number of carbonyl (C=O) groups excluding carboxylic acids is 1. The maximum Gasteiger partial charge on any atom is 0.251 e. The molecule has 0 bridgehead atoms. The minimum atomic E-state index is -0.349. The summed E-state index contributed by atoms with van der Waals surface area (Å²) in [4.78, 5) is 13.3. The number of amides is 1. The first-order valence-corrected chi connectivity index (χ1v) is 11.2. The number of hydrogen-bond donors (Lipinski definition) is 1. The third-order valence-corrected chi connectivity index (χ3v) is 5.58. The van der Waals surface area contributed by atoms with Crippen molar-refractivity contribution >= 4 is 5.91 Å². The zero-order valence-corrected chi connectivity index (χ0v) is 19.8. The Labute approximate surface area is 198 Å². The van der Waals surface area contributed by atoms with Gasteiger partial charge in [0.1, 0.15) is 6.33 Å². The number of aromatic nitrogens is 7. The van der Waals surface area contributed by atoms with E-state index in [9.17, 15) is 4.79 Å². The number of aryl methyl sites for hydroxylation is 2. The summed E-state index contributed by atoms with van der Waals surface area (Å²) in [5, 5.41) is 23.2. The van der Waals surface area contributed by atoms with Gasteiger partial charge in [-0.1, -0.05) is 36.8 Å². The van der Waals surface area contributed by atoms with Gasteiger partial charge < -0.3 is 14.6 Å². The summed E-state index contributed by atoms with van der Waals surface area (Å²) in [6.07, 6.45) is 2.30. The molecule has 10 heteroatoms. The van der Waals surface area contributed by atoms with Crippen LogP contribution in [0.4, 0.5) is 0 Å². The van der Waals surface area contributed by atoms with Crippen molar-refractivity contribution in [1.82, 2.24) is 40.3 Å². The molecular weight excluding hydrogens is 432 g/mol. The van der Waals surface area contributed by atoms with Gasteiger partial charge in [0.2, 0.25) is 0 Å². The molecule has 1 amide bonds. The van der Waals surface area contributed by atoms with Crippen LogP contribution in [0, 0.1) is 6.92 Å². The van der Waals surface area contributed by atoms with Gasteiger partial charge >= 0.3 is 0 Å². The Bertz CT molecular complexity index is 1260. The quantitative estimate of drug-likeness (QED) is 0.409. The van der Waals surface area contributed by atoms with E-state index in [1.54, 1.807) is 24.2 Å². The molecule has 0 saturated carbocycles. The molecule has 0 fully saturated rings. The molecular formula is C24H28N8O2. The SMILES string of the molecule is CCc1nnnn1-c1cc(C(=O)NC(C)c2nncn2CCOC)cc(-c2ccc(C)cc2)c1. The van der Waals surface area contributed by atoms with Crippen molar-refractivity contribution in [2.75, 3.05) is 13.7 Å². The molecule has 1 N–H and O–H groups in total. The van der Waals surface area contributed by atoms with Gasteiger partial charge in [0, 0.05) is 25.6 Å². The van der Waals surface area contributed by atoms with Crippen LogP contribution in [0.3, 0.4) is 0 Å². The zero-order valence-electron chi connectivity index (χ0n) is 19.8. The van der Waals surface area contributed by atoms with E-state index in [1.165, 1.54) is 0 Å². The van der Waals surface area contributed by atoms with Crippen molar-refractivity contribution in [3.8, 4) is 16.8 Å². The first kappa shape index (κ1) is 23.2. The van der Waals surface area contributed by atoms with Gasteiger partial charge in [0.25, 0.3) is 5.91 Å². The Balaban J connectivity index is 1.68. The molecule has 4 rings (SSSR count). The van der Waals surface area contributed by atoms with Gasteiger partial charge in [-0.2, -0.15) is 4.68 Å². The second-order valence-corrected chi connectivity index (χ2v) is 8.07. The summed E-state index contributed by atoms with van der Waals surface area (Å²) < 4.78 is 8.69. The van der Waals surface area contributed by atoms with E-state index in [0.717, 1.165) is 22.4 Å². The smallest absolute Gasteiger partial charge is 0.251 e. The fourth-order valence-electron chi connectivity index (χ4n) is 3.71. The summed E-state index contributed by atoms with van der Waals surface area (Å²) >= 11 is 0. The first-order chi connectivity index (χ1) is 16.5. The number of nitrogens with zero attached hydrogens (tertiary/aromatic N) is 7. The summed E-state index contributed by atoms with van der Waals surface area (Å²) in [6, 6.07) is 13.5. The van der Waals surface area contributed by atoms with Gasteiger partial charge in [-0.3, -0.25) is 4.79 Å². The lowest BCUT2D eigenvalue weighted by Crippen LogP contribution is -2.29. The third kappa shape index (κ3) is 5.01. The fraction of sp³-hybridized carbons (Fsp3) is 0.333. The molecule has 10 nitrogen and oxygen atoms in total. The molecule has 2 heterocycles. The molecule has 2 aromatic carbocycles. The lowest BCUT2D eigenvalue weighted by Gasteiger charge is -2.16. The van der Waals surface area contributed by atoms with Crippen LogP contribution in [-0.4, -0.2) is 54.6 Å². The van der Waals surface area contributed by atoms with E-state index in [4.69, 9.17) is 4.74 Å². The standard InChI is InChI=1S/C24H28N8O2/c1-5-22-27-29-30-32(22)21-13-19(18-8-6-16(2)7-9-18)12-20(14-21)24(33)26-17(3)23-28-25-15-31(23)10-11-34-4/h6-9,12-15,17H,5,10-11H2,1-4H3,(H,26,33). The topological polar surface area (TPSA) is 113 Å². The van der Waals surface area contributed by atoms with Crippen molar-refractivity contribution in [3.05, 3.63) is 71.6 Å². The maximum atomic E-state index is 13.3. The number of ether oxygens (including phenoxy) is 1. The third-order valence-electron chi connectivity index (χ3n) is 5.58. The molecule has 0 aliphatic carbocycles. The van der Waals surface area contributed by atoms with Gasteiger partial charge in [-0.15, -0.1) is 15.3 Å². The highest BCUT2D eigenvalue weighted by molar-refractivity contribution is 5.96. The van der Waals surface area contributed by atoms with Crippen LogP contribution in [0.2, 0.25) is 0 Å². The number of benzene rings is 2. The van der Waals surface area contributed by atoms with E-state index < -0.39 is 0 Å². The van der Waals surface area contributed by atoms with E-state index in [2.05, 4.69) is 31.0 Å². The number of hydrogen-bond acceptors (Lipinski definition) is 7. The van der Waals surface area contributed by atoms with E-state index in [-0.39, 0.29) is 11.9 Å². The van der Waals surface area contributed by atoms with Gasteiger partial charge in [-0.05, 0) is 53.6 Å². The van der Waals surface area contributed by atoms with Crippen LogP contribution in [-0.2, 0) is 17.7 Å². The Morgan fingerprint density at radius 1 is 1.12 bits per heavy atom. The highest BCUT2D eigenvalue weighted by Crippen LogP contribution is 2.25. The number of nitrogens with one attached hydrogen (secondary N) is 1. The number of methoxy groups -OCH3 is 1. The Morgan fingerprint density at radius 2 is 1.91 bits per heavy atom. The molecule has 34 heavy (non-hydrogen) atoms. The molecule has 1 atom stereocenters. The zero-order chi connectivity index (χ0) is 24.1. The van der Waals surface area contributed by atoms with Crippen LogP contribution in [0.15, 0.2) is 48.8 Å². The van der Waals surface area contributed by atoms with Crippen molar-refractivity contribution in [3.63, 3.8) is 0 Å². The minimum absolute atomic E-state index is 0.227. The predicted molar refractivity (Wildman–Crippen MR) is 126 cm³/mol. The highest BCUT2D eigenvalue weighted by Gasteiger charge is 2.19. The van der Waals surface area contributed by atoms with E-state index >= 15 is 0 Å². The first-order valence-electron chi connectivity index (χ1n) is 11.2. The molecule has 176 valence electrons. The van der Waals surface area contributed by atoms with Crippen molar-refractivity contribution in [2.45, 2.75) is 39.8 Å². The Kier molecular flexibility index (Phi) is 7.07. The lowest BCUT2D eigenvalue weighted by atomic mass is 10.0. The van der Waals surface area contributed by atoms with Crippen molar-refractivity contribution < 1.29 is 9.53 Å². The van der Waals surface area contributed by atoms with E-state index in [1.807, 2.05) is 61.7 Å².